The maximum Gasteiger partial charge on any atom is 0.0367 e. The maximum atomic E-state index is 3.50. The second-order valence-electron chi connectivity index (χ2n) is 5.93. The van der Waals surface area contributed by atoms with Crippen molar-refractivity contribution in [3.05, 3.63) is 29.8 Å². The fraction of sp³-hybridized carbons (Fsp3) is 0.625. The Morgan fingerprint density at radius 1 is 1.05 bits per heavy atom. The summed E-state index contributed by atoms with van der Waals surface area (Å²) in [5.41, 5.74) is 2.89. The highest BCUT2D eigenvalue weighted by atomic mass is 15.2. The molecule has 3 nitrogen and oxygen atoms in total. The van der Waals surface area contributed by atoms with Crippen LogP contribution in [0.3, 0.4) is 0 Å². The van der Waals surface area contributed by atoms with Crippen LogP contribution in [0.1, 0.15) is 24.3 Å². The van der Waals surface area contributed by atoms with Crippen LogP contribution < -0.4 is 10.2 Å². The molecule has 0 saturated carbocycles. The molecule has 2 heterocycles. The first-order valence-corrected chi connectivity index (χ1v) is 7.57. The summed E-state index contributed by atoms with van der Waals surface area (Å²) in [6, 6.07) is 9.31. The van der Waals surface area contributed by atoms with Crippen molar-refractivity contribution in [3.8, 4) is 0 Å². The quantitative estimate of drug-likeness (QED) is 0.875. The van der Waals surface area contributed by atoms with Gasteiger partial charge in [-0.15, -0.1) is 0 Å². The molecule has 1 aromatic carbocycles. The summed E-state index contributed by atoms with van der Waals surface area (Å²) in [6.45, 7) is 6.99. The zero-order chi connectivity index (χ0) is 13.1. The van der Waals surface area contributed by atoms with Crippen molar-refractivity contribution in [1.82, 2.24) is 10.2 Å². The zero-order valence-electron chi connectivity index (χ0n) is 11.9. The largest absolute Gasteiger partial charge is 0.369 e. The fourth-order valence-electron chi connectivity index (χ4n) is 3.16. The molecule has 3 rings (SSSR count). The maximum absolute atomic E-state index is 3.50. The lowest BCUT2D eigenvalue weighted by molar-refractivity contribution is 0.313. The van der Waals surface area contributed by atoms with Crippen LogP contribution in [-0.4, -0.2) is 51.2 Å². The molecule has 2 aliphatic heterocycles. The third kappa shape index (κ3) is 3.10. The lowest BCUT2D eigenvalue weighted by Crippen LogP contribution is -2.44. The van der Waals surface area contributed by atoms with E-state index in [1.54, 1.807) is 0 Å². The Kier molecular flexibility index (Phi) is 4.04. The van der Waals surface area contributed by atoms with Gasteiger partial charge in [-0.1, -0.05) is 12.1 Å². The van der Waals surface area contributed by atoms with Crippen LogP contribution in [0, 0.1) is 0 Å². The van der Waals surface area contributed by atoms with Crippen LogP contribution in [-0.2, 0) is 0 Å². The lowest BCUT2D eigenvalue weighted by atomic mass is 9.91. The molecule has 0 spiro atoms. The van der Waals surface area contributed by atoms with Crippen LogP contribution >= 0.6 is 0 Å². The summed E-state index contributed by atoms with van der Waals surface area (Å²) in [5.74, 6) is 0.718. The molecule has 0 radical (unpaired) electrons. The number of hydrogen-bond acceptors (Lipinski definition) is 3. The molecule has 1 atom stereocenters. The fourth-order valence-corrected chi connectivity index (χ4v) is 3.16. The molecule has 104 valence electrons. The van der Waals surface area contributed by atoms with Gasteiger partial charge in [-0.3, -0.25) is 0 Å². The van der Waals surface area contributed by atoms with Crippen molar-refractivity contribution in [2.24, 2.45) is 0 Å². The second-order valence-corrected chi connectivity index (χ2v) is 5.93. The van der Waals surface area contributed by atoms with E-state index in [-0.39, 0.29) is 0 Å². The van der Waals surface area contributed by atoms with E-state index in [0.717, 1.165) is 25.6 Å². The lowest BCUT2D eigenvalue weighted by Gasteiger charge is -2.34. The zero-order valence-corrected chi connectivity index (χ0v) is 11.9. The Hall–Kier alpha value is -1.06. The van der Waals surface area contributed by atoms with Gasteiger partial charge in [0.2, 0.25) is 0 Å². The topological polar surface area (TPSA) is 18.5 Å². The molecule has 1 N–H and O–H groups in total. The highest BCUT2D eigenvalue weighted by Crippen LogP contribution is 2.25. The van der Waals surface area contributed by atoms with Gasteiger partial charge in [0, 0.05) is 38.4 Å². The van der Waals surface area contributed by atoms with Crippen LogP contribution in [0.2, 0.25) is 0 Å². The van der Waals surface area contributed by atoms with Crippen molar-refractivity contribution in [2.75, 3.05) is 51.2 Å². The van der Waals surface area contributed by atoms with Crippen molar-refractivity contribution in [1.29, 1.82) is 0 Å². The van der Waals surface area contributed by atoms with E-state index in [0.29, 0.717) is 0 Å². The minimum absolute atomic E-state index is 0.718. The molecular formula is C16H25N3. The van der Waals surface area contributed by atoms with Crippen molar-refractivity contribution in [2.45, 2.75) is 18.8 Å². The van der Waals surface area contributed by atoms with Gasteiger partial charge in [0.1, 0.15) is 0 Å². The van der Waals surface area contributed by atoms with Crippen molar-refractivity contribution < 1.29 is 0 Å². The molecule has 1 unspecified atom stereocenters. The number of nitrogens with one attached hydrogen (secondary N) is 1. The second kappa shape index (κ2) is 5.93. The molecule has 0 aromatic heterocycles. The highest BCUT2D eigenvalue weighted by molar-refractivity contribution is 5.48. The van der Waals surface area contributed by atoms with E-state index < -0.39 is 0 Å². The highest BCUT2D eigenvalue weighted by Gasteiger charge is 2.17. The van der Waals surface area contributed by atoms with Crippen molar-refractivity contribution in [3.63, 3.8) is 0 Å². The average molecular weight is 259 g/mol. The summed E-state index contributed by atoms with van der Waals surface area (Å²) >= 11 is 0. The van der Waals surface area contributed by atoms with Gasteiger partial charge in [-0.25, -0.2) is 0 Å². The summed E-state index contributed by atoms with van der Waals surface area (Å²) in [6.07, 6.45) is 2.64. The average Bonchev–Trinajstić information content (AvgIpc) is 2.49. The Morgan fingerprint density at radius 2 is 1.79 bits per heavy atom. The van der Waals surface area contributed by atoms with E-state index >= 15 is 0 Å². The predicted molar refractivity (Wildman–Crippen MR) is 81.0 cm³/mol. The monoisotopic (exact) mass is 259 g/mol. The van der Waals surface area contributed by atoms with E-state index in [1.807, 2.05) is 0 Å². The molecule has 0 amide bonds. The Labute approximate surface area is 116 Å². The Bertz CT molecular complexity index is 387. The van der Waals surface area contributed by atoms with E-state index in [9.17, 15) is 0 Å². The first-order chi connectivity index (χ1) is 9.33. The number of hydrogen-bond donors (Lipinski definition) is 1. The third-order valence-electron chi connectivity index (χ3n) is 4.53. The normalized spacial score (nSPS) is 25.5. The van der Waals surface area contributed by atoms with Gasteiger partial charge in [-0.2, -0.15) is 0 Å². The molecular weight excluding hydrogens is 234 g/mol. The standard InChI is InChI=1S/C16H25N3/c1-18-9-11-19(12-10-18)16-6-4-14(5-7-16)15-3-2-8-17-13-15/h4-7,15,17H,2-3,8-13H2,1H3. The number of anilines is 1. The summed E-state index contributed by atoms with van der Waals surface area (Å²) in [7, 11) is 2.20. The first kappa shape index (κ1) is 12.9. The van der Waals surface area contributed by atoms with Crippen LogP contribution in [0.25, 0.3) is 0 Å². The number of nitrogens with zero attached hydrogens (tertiary/aromatic N) is 2. The summed E-state index contributed by atoms with van der Waals surface area (Å²) < 4.78 is 0. The van der Waals surface area contributed by atoms with Gasteiger partial charge in [0.05, 0.1) is 0 Å². The number of piperazine rings is 1. The van der Waals surface area contributed by atoms with E-state index in [2.05, 4.69) is 46.4 Å². The van der Waals surface area contributed by atoms with Gasteiger partial charge in [0.15, 0.2) is 0 Å². The Balaban J connectivity index is 1.65. The van der Waals surface area contributed by atoms with Crippen LogP contribution in [0.15, 0.2) is 24.3 Å². The van der Waals surface area contributed by atoms with Crippen LogP contribution in [0.4, 0.5) is 5.69 Å². The molecule has 2 aliphatic rings. The molecule has 19 heavy (non-hydrogen) atoms. The number of likely N-dealkylation sites (N-methyl/N-ethyl adjacent to an activating group) is 1. The molecule has 2 fully saturated rings. The van der Waals surface area contributed by atoms with E-state index in [1.165, 1.54) is 43.7 Å². The molecule has 3 heteroatoms. The summed E-state index contributed by atoms with van der Waals surface area (Å²) in [4.78, 5) is 4.90. The number of benzene rings is 1. The minimum atomic E-state index is 0.718. The van der Waals surface area contributed by atoms with Crippen molar-refractivity contribution >= 4 is 5.69 Å². The SMILES string of the molecule is CN1CCN(c2ccc(C3CCCNC3)cc2)CC1. The van der Waals surface area contributed by atoms with Gasteiger partial charge in [0.25, 0.3) is 0 Å². The van der Waals surface area contributed by atoms with E-state index in [4.69, 9.17) is 0 Å². The minimum Gasteiger partial charge on any atom is -0.369 e. The predicted octanol–water partition coefficient (Wildman–Crippen LogP) is 1.91. The number of piperidine rings is 1. The van der Waals surface area contributed by atoms with Crippen LogP contribution in [0.5, 0.6) is 0 Å². The molecule has 2 saturated heterocycles. The smallest absolute Gasteiger partial charge is 0.0367 e. The first-order valence-electron chi connectivity index (χ1n) is 7.57. The third-order valence-corrected chi connectivity index (χ3v) is 4.53. The Morgan fingerprint density at radius 3 is 2.42 bits per heavy atom. The molecule has 0 aliphatic carbocycles. The molecule has 1 aromatic rings. The summed E-state index contributed by atoms with van der Waals surface area (Å²) in [5, 5.41) is 3.50. The van der Waals surface area contributed by atoms with Gasteiger partial charge < -0.3 is 15.1 Å². The number of rotatable bonds is 2. The van der Waals surface area contributed by atoms with Gasteiger partial charge in [-0.05, 0) is 50.0 Å². The van der Waals surface area contributed by atoms with Gasteiger partial charge >= 0.3 is 0 Å². The molecule has 0 bridgehead atoms.